The Morgan fingerprint density at radius 2 is 1.75 bits per heavy atom. The van der Waals surface area contributed by atoms with Gasteiger partial charge in [0.25, 0.3) is 0 Å². The largest absolute Gasteiger partial charge is 0.493 e. The van der Waals surface area contributed by atoms with E-state index in [1.54, 1.807) is 13.2 Å². The second-order valence-corrected chi connectivity index (χ2v) is 8.02. The number of ether oxygens (including phenoxy) is 2. The number of rotatable bonds is 11. The van der Waals surface area contributed by atoms with Crippen LogP contribution in [0.1, 0.15) is 18.1 Å². The minimum atomic E-state index is -0.588. The monoisotopic (exact) mass is 449 g/mol. The fourth-order valence-corrected chi connectivity index (χ4v) is 3.79. The highest BCUT2D eigenvalue weighted by Crippen LogP contribution is 2.28. The summed E-state index contributed by atoms with van der Waals surface area (Å²) in [6.07, 6.45) is -0.588. The summed E-state index contributed by atoms with van der Waals surface area (Å²) in [7, 11) is 1.56. The van der Waals surface area contributed by atoms with Gasteiger partial charge in [0.1, 0.15) is 24.3 Å². The van der Waals surface area contributed by atoms with E-state index in [1.165, 1.54) is 6.07 Å². The van der Waals surface area contributed by atoms with E-state index >= 15 is 0 Å². The molecule has 1 heterocycles. The summed E-state index contributed by atoms with van der Waals surface area (Å²) in [6.45, 7) is 8.62. The molecule has 1 atom stereocenters. The van der Waals surface area contributed by atoms with Gasteiger partial charge in [-0.25, -0.2) is 8.78 Å². The molecule has 6 nitrogen and oxygen atoms in total. The number of methoxy groups -OCH3 is 1. The van der Waals surface area contributed by atoms with E-state index in [9.17, 15) is 13.9 Å². The Kier molecular flexibility index (Phi) is 9.23. The molecular formula is C24H33F2N3O3. The number of aliphatic hydroxyl groups is 1. The average Bonchev–Trinajstić information content (AvgIpc) is 2.80. The van der Waals surface area contributed by atoms with Crippen molar-refractivity contribution in [2.75, 3.05) is 53.0 Å². The minimum Gasteiger partial charge on any atom is -0.493 e. The maximum atomic E-state index is 13.7. The first-order valence-corrected chi connectivity index (χ1v) is 11.1. The van der Waals surface area contributed by atoms with Crippen LogP contribution in [0.15, 0.2) is 36.4 Å². The molecule has 0 aromatic heterocycles. The fourth-order valence-electron chi connectivity index (χ4n) is 3.79. The normalized spacial score (nSPS) is 16.2. The van der Waals surface area contributed by atoms with Gasteiger partial charge in [-0.2, -0.15) is 0 Å². The van der Waals surface area contributed by atoms with Crippen LogP contribution in [0, 0.1) is 11.6 Å². The Morgan fingerprint density at radius 3 is 2.47 bits per heavy atom. The van der Waals surface area contributed by atoms with Gasteiger partial charge in [0.15, 0.2) is 11.5 Å². The molecular weight excluding hydrogens is 416 g/mol. The van der Waals surface area contributed by atoms with Gasteiger partial charge < -0.3 is 24.8 Å². The predicted octanol–water partition coefficient (Wildman–Crippen LogP) is 2.64. The number of hydrogen-bond acceptors (Lipinski definition) is 6. The molecule has 1 aliphatic heterocycles. The van der Waals surface area contributed by atoms with Crippen molar-refractivity contribution >= 4 is 0 Å². The molecule has 2 aromatic carbocycles. The summed E-state index contributed by atoms with van der Waals surface area (Å²) in [5.74, 6) is 0.218. The fraction of sp³-hybridized carbons (Fsp3) is 0.500. The first-order chi connectivity index (χ1) is 15.5. The highest BCUT2D eigenvalue weighted by Gasteiger charge is 2.19. The molecule has 1 saturated heterocycles. The number of nitrogens with zero attached hydrogens (tertiary/aromatic N) is 2. The van der Waals surface area contributed by atoms with E-state index < -0.39 is 17.7 Å². The molecule has 1 aliphatic rings. The Morgan fingerprint density at radius 1 is 1.00 bits per heavy atom. The third-order valence-corrected chi connectivity index (χ3v) is 5.69. The number of likely N-dealkylation sites (N-methyl/N-ethyl adjacent to an activating group) is 1. The second kappa shape index (κ2) is 12.1. The van der Waals surface area contributed by atoms with Crippen molar-refractivity contribution < 1.29 is 23.4 Å². The molecule has 2 N–H and O–H groups in total. The molecule has 1 fully saturated rings. The molecule has 0 amide bonds. The predicted molar refractivity (Wildman–Crippen MR) is 120 cm³/mol. The minimum absolute atomic E-state index is 0.181. The molecule has 0 saturated carbocycles. The van der Waals surface area contributed by atoms with Crippen LogP contribution in [0.2, 0.25) is 0 Å². The number of hydrogen-bond donors (Lipinski definition) is 2. The molecule has 0 radical (unpaired) electrons. The summed E-state index contributed by atoms with van der Waals surface area (Å²) in [5.41, 5.74) is 1.20. The van der Waals surface area contributed by atoms with Crippen LogP contribution in [-0.2, 0) is 13.1 Å². The smallest absolute Gasteiger partial charge is 0.161 e. The lowest BCUT2D eigenvalue weighted by atomic mass is 10.1. The lowest BCUT2D eigenvalue weighted by molar-refractivity contribution is 0.0464. The van der Waals surface area contributed by atoms with Crippen LogP contribution >= 0.6 is 0 Å². The van der Waals surface area contributed by atoms with E-state index in [1.807, 2.05) is 12.1 Å². The van der Waals surface area contributed by atoms with Crippen LogP contribution in [-0.4, -0.2) is 74.0 Å². The van der Waals surface area contributed by atoms with Crippen molar-refractivity contribution in [2.24, 2.45) is 0 Å². The molecule has 176 valence electrons. The zero-order chi connectivity index (χ0) is 22.9. The van der Waals surface area contributed by atoms with Gasteiger partial charge in [0, 0.05) is 51.4 Å². The van der Waals surface area contributed by atoms with E-state index in [4.69, 9.17) is 9.47 Å². The first-order valence-electron chi connectivity index (χ1n) is 11.1. The molecule has 0 spiro atoms. The zero-order valence-electron chi connectivity index (χ0n) is 18.8. The molecule has 32 heavy (non-hydrogen) atoms. The maximum Gasteiger partial charge on any atom is 0.161 e. The number of benzene rings is 2. The Balaban J connectivity index is 1.46. The van der Waals surface area contributed by atoms with Gasteiger partial charge in [0.2, 0.25) is 0 Å². The quantitative estimate of drug-likeness (QED) is 0.550. The van der Waals surface area contributed by atoms with Gasteiger partial charge in [-0.05, 0) is 42.4 Å². The summed E-state index contributed by atoms with van der Waals surface area (Å²) in [4.78, 5) is 4.66. The number of β-amino-alcohol motifs (C(OH)–C–C–N with tert-alkyl or cyclic N) is 1. The van der Waals surface area contributed by atoms with E-state index in [0.29, 0.717) is 24.6 Å². The molecule has 0 aliphatic carbocycles. The standard InChI is InChI=1S/C24H33F2N3O3/c1-3-28-8-10-29(11-9-28)16-21(30)17-32-23-7-4-18(12-24(23)31-2)14-27-15-19-13-20(25)5-6-22(19)26/h4-7,12-13,21,27,30H,3,8-11,14-17H2,1-2H3. The third-order valence-electron chi connectivity index (χ3n) is 5.69. The molecule has 1 unspecified atom stereocenters. The summed E-state index contributed by atoms with van der Waals surface area (Å²) >= 11 is 0. The van der Waals surface area contributed by atoms with Crippen molar-refractivity contribution in [1.29, 1.82) is 0 Å². The van der Waals surface area contributed by atoms with Crippen molar-refractivity contribution in [3.63, 3.8) is 0 Å². The molecule has 8 heteroatoms. The highest BCUT2D eigenvalue weighted by atomic mass is 19.1. The van der Waals surface area contributed by atoms with Crippen LogP contribution in [0.25, 0.3) is 0 Å². The second-order valence-electron chi connectivity index (χ2n) is 8.02. The van der Waals surface area contributed by atoms with Gasteiger partial charge in [-0.1, -0.05) is 13.0 Å². The first kappa shape index (κ1) is 24.4. The molecule has 3 rings (SSSR count). The van der Waals surface area contributed by atoms with Crippen molar-refractivity contribution in [3.8, 4) is 11.5 Å². The SMILES string of the molecule is CCN1CCN(CC(O)COc2ccc(CNCc3cc(F)ccc3F)cc2OC)CC1. The summed E-state index contributed by atoms with van der Waals surface area (Å²) in [5, 5.41) is 13.5. The molecule has 2 aromatic rings. The summed E-state index contributed by atoms with van der Waals surface area (Å²) in [6, 6.07) is 8.93. The lowest BCUT2D eigenvalue weighted by Crippen LogP contribution is -2.49. The van der Waals surface area contributed by atoms with Gasteiger partial charge >= 0.3 is 0 Å². The highest BCUT2D eigenvalue weighted by molar-refractivity contribution is 5.43. The number of halogens is 2. The zero-order valence-corrected chi connectivity index (χ0v) is 18.8. The number of piperazine rings is 1. The Bertz CT molecular complexity index is 860. The Hall–Kier alpha value is -2.26. The third kappa shape index (κ3) is 7.13. The van der Waals surface area contributed by atoms with Crippen molar-refractivity contribution in [1.82, 2.24) is 15.1 Å². The van der Waals surface area contributed by atoms with Crippen LogP contribution < -0.4 is 14.8 Å². The van der Waals surface area contributed by atoms with Gasteiger partial charge in [0.05, 0.1) is 7.11 Å². The number of nitrogens with one attached hydrogen (secondary N) is 1. The van der Waals surface area contributed by atoms with E-state index in [-0.39, 0.29) is 18.7 Å². The van der Waals surface area contributed by atoms with Crippen molar-refractivity contribution in [3.05, 3.63) is 59.2 Å². The van der Waals surface area contributed by atoms with Gasteiger partial charge in [-0.15, -0.1) is 0 Å². The van der Waals surface area contributed by atoms with Crippen LogP contribution in [0.4, 0.5) is 8.78 Å². The summed E-state index contributed by atoms with van der Waals surface area (Å²) < 4.78 is 38.3. The average molecular weight is 450 g/mol. The van der Waals surface area contributed by atoms with Gasteiger partial charge in [-0.3, -0.25) is 4.90 Å². The molecule has 0 bridgehead atoms. The van der Waals surface area contributed by atoms with Crippen LogP contribution in [0.3, 0.4) is 0 Å². The maximum absolute atomic E-state index is 13.7. The lowest BCUT2D eigenvalue weighted by Gasteiger charge is -2.34. The number of aliphatic hydroxyl groups excluding tert-OH is 1. The van der Waals surface area contributed by atoms with E-state index in [0.717, 1.165) is 50.4 Å². The van der Waals surface area contributed by atoms with E-state index in [2.05, 4.69) is 22.0 Å². The topological polar surface area (TPSA) is 57.2 Å². The van der Waals surface area contributed by atoms with Crippen molar-refractivity contribution in [2.45, 2.75) is 26.1 Å². The Labute approximate surface area is 188 Å². The van der Waals surface area contributed by atoms with Crippen LogP contribution in [0.5, 0.6) is 11.5 Å².